The van der Waals surface area contributed by atoms with E-state index < -0.39 is 0 Å². The van der Waals surface area contributed by atoms with Crippen LogP contribution in [-0.2, 0) is 9.53 Å². The summed E-state index contributed by atoms with van der Waals surface area (Å²) in [5.41, 5.74) is 2.16. The van der Waals surface area contributed by atoms with E-state index in [1.54, 1.807) is 12.1 Å². The van der Waals surface area contributed by atoms with Gasteiger partial charge in [-0.3, -0.25) is 4.79 Å². The topological polar surface area (TPSA) is 94.4 Å². The van der Waals surface area contributed by atoms with Gasteiger partial charge in [0, 0.05) is 17.2 Å². The van der Waals surface area contributed by atoms with Gasteiger partial charge >= 0.3 is 5.97 Å². The van der Waals surface area contributed by atoms with Gasteiger partial charge in [-0.2, -0.15) is 0 Å². The van der Waals surface area contributed by atoms with E-state index in [9.17, 15) is 9.90 Å². The number of unbranched alkanes of at least 4 members (excludes halogenated alkanes) is 1. The Morgan fingerprint density at radius 3 is 1.97 bits per heavy atom. The lowest BCUT2D eigenvalue weighted by atomic mass is 10.00. The van der Waals surface area contributed by atoms with Gasteiger partial charge in [-0.05, 0) is 25.0 Å². The van der Waals surface area contributed by atoms with E-state index in [0.717, 1.165) is 36.8 Å². The number of benzene rings is 3. The van der Waals surface area contributed by atoms with Crippen molar-refractivity contribution in [2.75, 3.05) is 13.2 Å². The van der Waals surface area contributed by atoms with E-state index in [2.05, 4.69) is 21.9 Å². The number of carbonyl (C=O) groups is 1. The third kappa shape index (κ3) is 6.94. The maximum atomic E-state index is 12.3. The average Bonchev–Trinajstić information content (AvgIpc) is 2.96. The van der Waals surface area contributed by atoms with Crippen molar-refractivity contribution in [3.05, 3.63) is 78.9 Å². The maximum absolute atomic E-state index is 12.3. The summed E-state index contributed by atoms with van der Waals surface area (Å²) >= 11 is 0. The van der Waals surface area contributed by atoms with Gasteiger partial charge in [0.2, 0.25) is 0 Å². The lowest BCUT2D eigenvalue weighted by molar-refractivity contribution is -0.149. The highest BCUT2D eigenvalue weighted by atomic mass is 16.6. The van der Waals surface area contributed by atoms with E-state index in [-0.39, 0.29) is 30.9 Å². The maximum Gasteiger partial charge on any atom is 0.309 e. The normalized spacial score (nSPS) is 11.6. The lowest BCUT2D eigenvalue weighted by Crippen LogP contribution is -2.20. The molecular weight excluding hydrogens is 478 g/mol. The van der Waals surface area contributed by atoms with Crippen molar-refractivity contribution >= 4 is 5.97 Å². The Kier molecular flexibility index (Phi) is 9.40. The van der Waals surface area contributed by atoms with Crippen LogP contribution >= 0.6 is 0 Å². The Morgan fingerprint density at radius 1 is 0.816 bits per heavy atom. The molecule has 0 saturated heterocycles. The van der Waals surface area contributed by atoms with Crippen LogP contribution in [0.25, 0.3) is 34.2 Å². The molecule has 196 valence electrons. The number of aromatic hydroxyl groups is 1. The van der Waals surface area contributed by atoms with Crippen molar-refractivity contribution in [2.45, 2.75) is 39.5 Å². The van der Waals surface area contributed by atoms with Crippen LogP contribution in [-0.4, -0.2) is 39.2 Å². The fraction of sp³-hybridized carbons (Fsp3) is 0.290. The zero-order valence-electron chi connectivity index (χ0n) is 21.8. The molecule has 7 nitrogen and oxygen atoms in total. The molecule has 1 N–H and O–H groups in total. The summed E-state index contributed by atoms with van der Waals surface area (Å²) in [6, 6.07) is 24.3. The first-order valence-electron chi connectivity index (χ1n) is 13.1. The Balaban J connectivity index is 1.49. The highest BCUT2D eigenvalue weighted by Crippen LogP contribution is 2.32. The van der Waals surface area contributed by atoms with Crippen LogP contribution in [0.3, 0.4) is 0 Å². The van der Waals surface area contributed by atoms with E-state index in [0.29, 0.717) is 28.8 Å². The Morgan fingerprint density at radius 2 is 1.42 bits per heavy atom. The molecule has 0 amide bonds. The number of carbonyl (C=O) groups excluding carboxylic acids is 1. The SMILES string of the molecule is CCCCC(CC)C(=O)OCCOc1ccc(-c2nc(-c3ccccc3)nc(-c3ccccc3)n2)c(O)c1. The predicted molar refractivity (Wildman–Crippen MR) is 148 cm³/mol. The summed E-state index contributed by atoms with van der Waals surface area (Å²) in [6.07, 6.45) is 3.68. The molecule has 0 bridgehead atoms. The second-order valence-electron chi connectivity index (χ2n) is 8.98. The highest BCUT2D eigenvalue weighted by Gasteiger charge is 2.18. The standard InChI is InChI=1S/C31H33N3O4/c1-3-5-12-22(4-2)31(36)38-20-19-37-25-17-18-26(27(35)21-25)30-33-28(23-13-8-6-9-14-23)32-29(34-30)24-15-10-7-11-16-24/h6-11,13-18,21-22,35H,3-5,12,19-20H2,1-2H3. The molecule has 1 heterocycles. The first-order valence-corrected chi connectivity index (χ1v) is 13.1. The van der Waals surface area contributed by atoms with Crippen LogP contribution in [0.2, 0.25) is 0 Å². The fourth-order valence-corrected chi connectivity index (χ4v) is 4.08. The van der Waals surface area contributed by atoms with Crippen molar-refractivity contribution in [3.63, 3.8) is 0 Å². The van der Waals surface area contributed by atoms with Crippen molar-refractivity contribution in [3.8, 4) is 45.7 Å². The van der Waals surface area contributed by atoms with Gasteiger partial charge in [0.1, 0.15) is 24.7 Å². The second-order valence-corrected chi connectivity index (χ2v) is 8.98. The lowest BCUT2D eigenvalue weighted by Gasteiger charge is -2.14. The van der Waals surface area contributed by atoms with Crippen molar-refractivity contribution in [2.24, 2.45) is 5.92 Å². The van der Waals surface area contributed by atoms with Crippen molar-refractivity contribution in [1.82, 2.24) is 15.0 Å². The van der Waals surface area contributed by atoms with Crippen LogP contribution in [0, 0.1) is 5.92 Å². The van der Waals surface area contributed by atoms with Gasteiger partial charge in [0.15, 0.2) is 17.5 Å². The minimum atomic E-state index is -0.180. The predicted octanol–water partition coefficient (Wildman–Crippen LogP) is 6.72. The third-order valence-corrected chi connectivity index (χ3v) is 6.24. The third-order valence-electron chi connectivity index (χ3n) is 6.24. The van der Waals surface area contributed by atoms with Crippen molar-refractivity contribution in [1.29, 1.82) is 0 Å². The average molecular weight is 512 g/mol. The molecule has 4 aromatic rings. The minimum absolute atomic E-state index is 0.0191. The molecule has 0 radical (unpaired) electrons. The molecule has 1 unspecified atom stereocenters. The molecule has 0 aliphatic carbocycles. The largest absolute Gasteiger partial charge is 0.507 e. The molecule has 4 rings (SSSR count). The number of esters is 1. The molecule has 7 heteroatoms. The van der Waals surface area contributed by atoms with E-state index >= 15 is 0 Å². The quantitative estimate of drug-likeness (QED) is 0.167. The van der Waals surface area contributed by atoms with E-state index in [1.165, 1.54) is 6.07 Å². The molecular formula is C31H33N3O4. The summed E-state index contributed by atoms with van der Waals surface area (Å²) in [4.78, 5) is 26.2. The van der Waals surface area contributed by atoms with Gasteiger partial charge in [-0.15, -0.1) is 0 Å². The molecule has 0 aliphatic heterocycles. The van der Waals surface area contributed by atoms with E-state index in [1.807, 2.05) is 67.6 Å². The number of aromatic nitrogens is 3. The van der Waals surface area contributed by atoms with Crippen LogP contribution in [0.4, 0.5) is 0 Å². The van der Waals surface area contributed by atoms with Gasteiger partial charge in [0.05, 0.1) is 11.5 Å². The van der Waals surface area contributed by atoms with Crippen LogP contribution in [0.15, 0.2) is 78.9 Å². The zero-order chi connectivity index (χ0) is 26.7. The number of hydrogen-bond acceptors (Lipinski definition) is 7. The number of rotatable bonds is 12. The number of nitrogens with zero attached hydrogens (tertiary/aromatic N) is 3. The molecule has 0 aliphatic rings. The minimum Gasteiger partial charge on any atom is -0.507 e. The van der Waals surface area contributed by atoms with Crippen LogP contribution < -0.4 is 4.74 Å². The Hall–Kier alpha value is -4.26. The molecule has 1 atom stereocenters. The van der Waals surface area contributed by atoms with Crippen LogP contribution in [0.1, 0.15) is 39.5 Å². The van der Waals surface area contributed by atoms with Gasteiger partial charge in [-0.25, -0.2) is 15.0 Å². The molecule has 0 spiro atoms. The Labute approximate surface area is 223 Å². The van der Waals surface area contributed by atoms with Gasteiger partial charge in [-0.1, -0.05) is 87.4 Å². The zero-order valence-corrected chi connectivity index (χ0v) is 21.8. The Bertz CT molecular complexity index is 1270. The summed E-state index contributed by atoms with van der Waals surface area (Å²) in [5, 5.41) is 10.8. The molecule has 3 aromatic carbocycles. The number of ether oxygens (including phenoxy) is 2. The summed E-state index contributed by atoms with van der Waals surface area (Å²) in [6.45, 7) is 4.45. The number of hydrogen-bond donors (Lipinski definition) is 1. The summed E-state index contributed by atoms with van der Waals surface area (Å²) in [7, 11) is 0. The molecule has 0 saturated carbocycles. The van der Waals surface area contributed by atoms with Gasteiger partial charge in [0.25, 0.3) is 0 Å². The van der Waals surface area contributed by atoms with E-state index in [4.69, 9.17) is 9.47 Å². The second kappa shape index (κ2) is 13.3. The smallest absolute Gasteiger partial charge is 0.309 e. The van der Waals surface area contributed by atoms with Crippen molar-refractivity contribution < 1.29 is 19.4 Å². The van der Waals surface area contributed by atoms with Crippen LogP contribution in [0.5, 0.6) is 11.5 Å². The summed E-state index contributed by atoms with van der Waals surface area (Å²) < 4.78 is 11.1. The first-order chi connectivity index (χ1) is 18.6. The number of phenolic OH excluding ortho intramolecular Hbond substituents is 1. The molecule has 1 aromatic heterocycles. The molecule has 0 fully saturated rings. The summed E-state index contributed by atoms with van der Waals surface area (Å²) in [5.74, 6) is 1.57. The highest BCUT2D eigenvalue weighted by molar-refractivity contribution is 5.72. The van der Waals surface area contributed by atoms with Gasteiger partial charge < -0.3 is 14.6 Å². The number of phenols is 1. The monoisotopic (exact) mass is 511 g/mol. The first kappa shape index (κ1) is 26.8. The molecule has 38 heavy (non-hydrogen) atoms. The fourth-order valence-electron chi connectivity index (χ4n) is 4.08.